The normalized spacial score (nSPS) is 19.1. The smallest absolute Gasteiger partial charge is 0.328 e. The van der Waals surface area contributed by atoms with Crippen LogP contribution in [0.25, 0.3) is 11.0 Å². The van der Waals surface area contributed by atoms with Gasteiger partial charge in [-0.1, -0.05) is 0 Å². The molecule has 0 saturated carbocycles. The number of hydrogen-bond acceptors (Lipinski definition) is 3. The summed E-state index contributed by atoms with van der Waals surface area (Å²) in [6, 6.07) is 3.61. The molecule has 3 rings (SSSR count). The van der Waals surface area contributed by atoms with Gasteiger partial charge in [-0.3, -0.25) is 13.9 Å². The lowest BCUT2D eigenvalue weighted by molar-refractivity contribution is 0.0186. The number of fused-ring (bicyclic) bond motifs is 1. The number of ether oxygens (including phenoxy) is 1. The number of Topliss-reactive ketones (excluding diaryl/α,β-unsaturated/α-hetero) is 1. The molecule has 0 radical (unpaired) electrons. The van der Waals surface area contributed by atoms with Crippen molar-refractivity contribution < 1.29 is 9.53 Å². The van der Waals surface area contributed by atoms with Crippen molar-refractivity contribution in [2.75, 3.05) is 6.61 Å². The lowest BCUT2D eigenvalue weighted by atomic mass is 9.99. The van der Waals surface area contributed by atoms with E-state index < -0.39 is 0 Å². The highest BCUT2D eigenvalue weighted by atomic mass is 79.9. The highest BCUT2D eigenvalue weighted by molar-refractivity contribution is 9.10. The summed E-state index contributed by atoms with van der Waals surface area (Å²) in [5, 5.41) is 0. The van der Waals surface area contributed by atoms with Crippen molar-refractivity contribution in [2.45, 2.75) is 25.4 Å². The molecule has 1 unspecified atom stereocenters. The van der Waals surface area contributed by atoms with Gasteiger partial charge in [0, 0.05) is 30.7 Å². The number of hydrogen-bond donors (Lipinski definition) is 0. The molecular formula is C15H17BrN2O3. The Bertz CT molecular complexity index is 769. The van der Waals surface area contributed by atoms with Crippen molar-refractivity contribution in [1.82, 2.24) is 9.13 Å². The molecule has 1 atom stereocenters. The zero-order valence-corrected chi connectivity index (χ0v) is 13.6. The molecule has 2 aromatic rings. The van der Waals surface area contributed by atoms with Crippen LogP contribution in [-0.4, -0.2) is 27.6 Å². The number of aromatic nitrogens is 2. The predicted octanol–water partition coefficient (Wildman–Crippen LogP) is 2.39. The predicted molar refractivity (Wildman–Crippen MR) is 83.8 cm³/mol. The Morgan fingerprint density at radius 1 is 1.24 bits per heavy atom. The average Bonchev–Trinajstić information content (AvgIpc) is 2.71. The monoisotopic (exact) mass is 352 g/mol. The van der Waals surface area contributed by atoms with E-state index in [1.165, 1.54) is 0 Å². The number of carbonyl (C=O) groups excluding carboxylic acids is 1. The Labute approximate surface area is 130 Å². The van der Waals surface area contributed by atoms with E-state index in [0.717, 1.165) is 30.3 Å². The van der Waals surface area contributed by atoms with E-state index in [-0.39, 0.29) is 17.6 Å². The number of imidazole rings is 1. The minimum absolute atomic E-state index is 0.0141. The van der Waals surface area contributed by atoms with Gasteiger partial charge in [-0.25, -0.2) is 4.79 Å². The summed E-state index contributed by atoms with van der Waals surface area (Å²) in [7, 11) is 3.44. The first-order valence-corrected chi connectivity index (χ1v) is 7.81. The van der Waals surface area contributed by atoms with Gasteiger partial charge in [0.25, 0.3) is 0 Å². The quantitative estimate of drug-likeness (QED) is 0.779. The molecule has 5 nitrogen and oxygen atoms in total. The van der Waals surface area contributed by atoms with Gasteiger partial charge >= 0.3 is 5.69 Å². The van der Waals surface area contributed by atoms with E-state index in [4.69, 9.17) is 4.74 Å². The van der Waals surface area contributed by atoms with Crippen LogP contribution in [0, 0.1) is 0 Å². The van der Waals surface area contributed by atoms with Crippen molar-refractivity contribution in [1.29, 1.82) is 0 Å². The second-order valence-electron chi connectivity index (χ2n) is 5.44. The molecule has 6 heteroatoms. The Morgan fingerprint density at radius 3 is 2.52 bits per heavy atom. The first-order chi connectivity index (χ1) is 10.0. The summed E-state index contributed by atoms with van der Waals surface area (Å²) >= 11 is 3.45. The number of carbonyl (C=O) groups is 1. The first kappa shape index (κ1) is 14.5. The molecule has 1 aliphatic rings. The Kier molecular flexibility index (Phi) is 3.75. The standard InChI is InChI=1S/C15H17BrN2O3/c1-17-11-7-9(14(19)13-5-3-4-6-21-13)10(16)8-12(11)18(2)15(17)20/h7-8,13H,3-6H2,1-2H3. The maximum Gasteiger partial charge on any atom is 0.328 e. The molecule has 1 fully saturated rings. The van der Waals surface area contributed by atoms with E-state index >= 15 is 0 Å². The van der Waals surface area contributed by atoms with Crippen LogP contribution in [0.4, 0.5) is 0 Å². The first-order valence-electron chi connectivity index (χ1n) is 7.01. The molecule has 2 heterocycles. The van der Waals surface area contributed by atoms with Gasteiger partial charge in [0.1, 0.15) is 6.10 Å². The third-order valence-electron chi connectivity index (χ3n) is 4.10. The molecule has 0 aliphatic carbocycles. The van der Waals surface area contributed by atoms with Crippen LogP contribution >= 0.6 is 15.9 Å². The van der Waals surface area contributed by atoms with Crippen molar-refractivity contribution in [3.63, 3.8) is 0 Å². The van der Waals surface area contributed by atoms with Gasteiger partial charge in [0.2, 0.25) is 0 Å². The average molecular weight is 353 g/mol. The molecular weight excluding hydrogens is 336 g/mol. The Morgan fingerprint density at radius 2 is 1.90 bits per heavy atom. The van der Waals surface area contributed by atoms with Gasteiger partial charge in [0.15, 0.2) is 5.78 Å². The summed E-state index contributed by atoms with van der Waals surface area (Å²) in [5.41, 5.74) is 2.03. The molecule has 0 spiro atoms. The molecule has 112 valence electrons. The molecule has 1 aliphatic heterocycles. The van der Waals surface area contributed by atoms with Gasteiger partial charge in [0.05, 0.1) is 11.0 Å². The minimum Gasteiger partial charge on any atom is -0.370 e. The molecule has 1 saturated heterocycles. The van der Waals surface area contributed by atoms with Crippen molar-refractivity contribution in [2.24, 2.45) is 14.1 Å². The second kappa shape index (κ2) is 5.42. The van der Waals surface area contributed by atoms with Crippen LogP contribution in [0.5, 0.6) is 0 Å². The van der Waals surface area contributed by atoms with Crippen LogP contribution in [0.2, 0.25) is 0 Å². The Balaban J connectivity index is 2.10. The minimum atomic E-state index is -0.367. The van der Waals surface area contributed by atoms with E-state index in [1.807, 2.05) is 6.07 Å². The van der Waals surface area contributed by atoms with Crippen LogP contribution in [-0.2, 0) is 18.8 Å². The largest absolute Gasteiger partial charge is 0.370 e. The van der Waals surface area contributed by atoms with Crippen molar-refractivity contribution in [3.05, 3.63) is 32.7 Å². The van der Waals surface area contributed by atoms with Gasteiger partial charge < -0.3 is 4.74 Å². The van der Waals surface area contributed by atoms with E-state index in [0.29, 0.717) is 16.6 Å². The summed E-state index contributed by atoms with van der Waals surface area (Å²) in [5.74, 6) is -0.0141. The van der Waals surface area contributed by atoms with E-state index in [1.54, 1.807) is 29.3 Å². The van der Waals surface area contributed by atoms with Gasteiger partial charge in [-0.2, -0.15) is 0 Å². The molecule has 0 N–H and O–H groups in total. The topological polar surface area (TPSA) is 53.2 Å². The number of benzene rings is 1. The number of ketones is 1. The van der Waals surface area contributed by atoms with Crippen LogP contribution in [0.1, 0.15) is 29.6 Å². The zero-order chi connectivity index (χ0) is 15.1. The molecule has 1 aromatic heterocycles. The zero-order valence-electron chi connectivity index (χ0n) is 12.1. The fourth-order valence-electron chi connectivity index (χ4n) is 2.83. The summed E-state index contributed by atoms with van der Waals surface area (Å²) < 4.78 is 9.41. The molecule has 0 amide bonds. The molecule has 1 aromatic carbocycles. The molecule has 0 bridgehead atoms. The number of nitrogens with zero attached hydrogens (tertiary/aromatic N) is 2. The molecule has 21 heavy (non-hydrogen) atoms. The van der Waals surface area contributed by atoms with Crippen molar-refractivity contribution >= 4 is 32.7 Å². The maximum absolute atomic E-state index is 12.6. The number of rotatable bonds is 2. The van der Waals surface area contributed by atoms with Crippen LogP contribution < -0.4 is 5.69 Å². The van der Waals surface area contributed by atoms with Crippen molar-refractivity contribution in [3.8, 4) is 0 Å². The second-order valence-corrected chi connectivity index (χ2v) is 6.30. The summed E-state index contributed by atoms with van der Waals surface area (Å²) in [4.78, 5) is 24.6. The fraction of sp³-hybridized carbons (Fsp3) is 0.467. The summed E-state index contributed by atoms with van der Waals surface area (Å²) in [6.07, 6.45) is 2.42. The third-order valence-corrected chi connectivity index (χ3v) is 4.75. The third kappa shape index (κ3) is 2.36. The SMILES string of the molecule is Cn1c(=O)n(C)c2cc(C(=O)C3CCCCO3)c(Br)cc21. The lowest BCUT2D eigenvalue weighted by Gasteiger charge is -2.21. The highest BCUT2D eigenvalue weighted by Gasteiger charge is 2.26. The van der Waals surface area contributed by atoms with Crippen LogP contribution in [0.3, 0.4) is 0 Å². The number of aryl methyl sites for hydroxylation is 2. The van der Waals surface area contributed by atoms with Gasteiger partial charge in [-0.15, -0.1) is 0 Å². The highest BCUT2D eigenvalue weighted by Crippen LogP contribution is 2.27. The fourth-order valence-corrected chi connectivity index (χ4v) is 3.36. The number of halogens is 1. The van der Waals surface area contributed by atoms with E-state index in [2.05, 4.69) is 15.9 Å². The lowest BCUT2D eigenvalue weighted by Crippen LogP contribution is -2.28. The van der Waals surface area contributed by atoms with E-state index in [9.17, 15) is 9.59 Å². The Hall–Kier alpha value is -1.40. The van der Waals surface area contributed by atoms with Gasteiger partial charge in [-0.05, 0) is 47.3 Å². The maximum atomic E-state index is 12.6. The summed E-state index contributed by atoms with van der Waals surface area (Å²) in [6.45, 7) is 0.639. The van der Waals surface area contributed by atoms with Crippen LogP contribution in [0.15, 0.2) is 21.4 Å².